The summed E-state index contributed by atoms with van der Waals surface area (Å²) in [5.74, 6) is 0.845. The van der Waals surface area contributed by atoms with E-state index in [0.717, 1.165) is 12.5 Å². The lowest BCUT2D eigenvalue weighted by Gasteiger charge is -2.16. The number of nitrogens with one attached hydrogen (secondary N) is 1. The van der Waals surface area contributed by atoms with E-state index in [0.29, 0.717) is 12.3 Å². The highest BCUT2D eigenvalue weighted by molar-refractivity contribution is 4.79. The Morgan fingerprint density at radius 2 is 2.36 bits per heavy atom. The molecule has 1 N–H and O–H groups in total. The molecule has 2 fully saturated rings. The molecule has 2 heterocycles. The number of likely N-dealkylation sites (tertiary alicyclic amines) is 1. The molecular formula is C11H22N2O. The molecule has 3 atom stereocenters. The minimum atomic E-state index is 0.326. The van der Waals surface area contributed by atoms with Gasteiger partial charge in [-0.05, 0) is 38.8 Å². The zero-order chi connectivity index (χ0) is 9.97. The minimum Gasteiger partial charge on any atom is -0.359 e. The van der Waals surface area contributed by atoms with E-state index in [-0.39, 0.29) is 0 Å². The summed E-state index contributed by atoms with van der Waals surface area (Å²) < 4.78 is 5.76. The molecule has 2 saturated heterocycles. The highest BCUT2D eigenvalue weighted by Gasteiger charge is 2.28. The molecule has 14 heavy (non-hydrogen) atoms. The molecule has 0 aliphatic carbocycles. The minimum absolute atomic E-state index is 0.326. The number of hydrogen-bond donors (Lipinski definition) is 1. The van der Waals surface area contributed by atoms with Crippen molar-refractivity contribution in [2.24, 2.45) is 5.92 Å². The third-order valence-corrected chi connectivity index (χ3v) is 3.39. The SMILES string of the molecule is CCN1CCC(CC2NCC(C)O2)C1. The molecule has 0 aromatic rings. The normalized spacial score (nSPS) is 39.4. The molecule has 2 aliphatic rings. The van der Waals surface area contributed by atoms with Crippen LogP contribution in [0.4, 0.5) is 0 Å². The predicted octanol–water partition coefficient (Wildman–Crippen LogP) is 1.05. The Labute approximate surface area is 86.8 Å². The van der Waals surface area contributed by atoms with Crippen molar-refractivity contribution in [3.8, 4) is 0 Å². The molecule has 0 radical (unpaired) electrons. The van der Waals surface area contributed by atoms with E-state index in [4.69, 9.17) is 4.74 Å². The Morgan fingerprint density at radius 3 is 2.93 bits per heavy atom. The first kappa shape index (κ1) is 10.4. The second kappa shape index (κ2) is 4.60. The summed E-state index contributed by atoms with van der Waals surface area (Å²) in [4.78, 5) is 2.53. The van der Waals surface area contributed by atoms with Crippen LogP contribution in [0.15, 0.2) is 0 Å². The van der Waals surface area contributed by atoms with Gasteiger partial charge in [-0.3, -0.25) is 5.32 Å². The predicted molar refractivity (Wildman–Crippen MR) is 57.2 cm³/mol. The van der Waals surface area contributed by atoms with Crippen LogP contribution in [-0.4, -0.2) is 43.4 Å². The van der Waals surface area contributed by atoms with Crippen LogP contribution in [0.5, 0.6) is 0 Å². The average Bonchev–Trinajstić information content (AvgIpc) is 2.76. The van der Waals surface area contributed by atoms with Gasteiger partial charge in [0.2, 0.25) is 0 Å². The van der Waals surface area contributed by atoms with E-state index in [1.54, 1.807) is 0 Å². The standard InChI is InChI=1S/C11H22N2O/c1-3-13-5-4-10(8-13)6-11-12-7-9(2)14-11/h9-12H,3-8H2,1-2H3. The third kappa shape index (κ3) is 2.47. The second-order valence-corrected chi connectivity index (χ2v) is 4.63. The summed E-state index contributed by atoms with van der Waals surface area (Å²) in [6.07, 6.45) is 3.28. The summed E-state index contributed by atoms with van der Waals surface area (Å²) in [6.45, 7) is 9.16. The van der Waals surface area contributed by atoms with E-state index < -0.39 is 0 Å². The zero-order valence-electron chi connectivity index (χ0n) is 9.33. The van der Waals surface area contributed by atoms with Crippen LogP contribution in [0, 0.1) is 5.92 Å². The van der Waals surface area contributed by atoms with Gasteiger partial charge in [0, 0.05) is 13.1 Å². The van der Waals surface area contributed by atoms with Gasteiger partial charge in [-0.25, -0.2) is 0 Å². The fourth-order valence-corrected chi connectivity index (χ4v) is 2.51. The van der Waals surface area contributed by atoms with E-state index in [9.17, 15) is 0 Å². The van der Waals surface area contributed by atoms with Crippen molar-refractivity contribution in [2.75, 3.05) is 26.2 Å². The molecule has 0 aromatic heterocycles. The van der Waals surface area contributed by atoms with Crippen LogP contribution in [-0.2, 0) is 4.74 Å². The molecule has 3 nitrogen and oxygen atoms in total. The molecule has 3 unspecified atom stereocenters. The lowest BCUT2D eigenvalue weighted by molar-refractivity contribution is 0.0364. The topological polar surface area (TPSA) is 24.5 Å². The van der Waals surface area contributed by atoms with Crippen molar-refractivity contribution in [3.05, 3.63) is 0 Å². The Kier molecular flexibility index (Phi) is 3.42. The van der Waals surface area contributed by atoms with Crippen LogP contribution in [0.3, 0.4) is 0 Å². The van der Waals surface area contributed by atoms with Crippen LogP contribution < -0.4 is 5.32 Å². The molecule has 0 amide bonds. The maximum atomic E-state index is 5.76. The van der Waals surface area contributed by atoms with Gasteiger partial charge in [0.05, 0.1) is 6.10 Å². The molecule has 0 bridgehead atoms. The maximum Gasteiger partial charge on any atom is 0.108 e. The molecule has 2 aliphatic heterocycles. The van der Waals surface area contributed by atoms with E-state index in [1.165, 1.54) is 32.5 Å². The van der Waals surface area contributed by atoms with Crippen molar-refractivity contribution < 1.29 is 4.74 Å². The molecular weight excluding hydrogens is 176 g/mol. The summed E-state index contributed by atoms with van der Waals surface area (Å²) in [5.41, 5.74) is 0. The highest BCUT2D eigenvalue weighted by atomic mass is 16.5. The average molecular weight is 198 g/mol. The number of hydrogen-bond acceptors (Lipinski definition) is 3. The van der Waals surface area contributed by atoms with Gasteiger partial charge < -0.3 is 9.64 Å². The molecule has 0 saturated carbocycles. The lowest BCUT2D eigenvalue weighted by Crippen LogP contribution is -2.27. The largest absolute Gasteiger partial charge is 0.359 e. The van der Waals surface area contributed by atoms with E-state index in [2.05, 4.69) is 24.1 Å². The second-order valence-electron chi connectivity index (χ2n) is 4.63. The Hall–Kier alpha value is -0.120. The van der Waals surface area contributed by atoms with Crippen molar-refractivity contribution in [1.82, 2.24) is 10.2 Å². The first-order valence-electron chi connectivity index (χ1n) is 5.89. The van der Waals surface area contributed by atoms with Gasteiger partial charge in [0.1, 0.15) is 6.23 Å². The van der Waals surface area contributed by atoms with Gasteiger partial charge in [-0.1, -0.05) is 6.92 Å². The van der Waals surface area contributed by atoms with E-state index in [1.807, 2.05) is 0 Å². The third-order valence-electron chi connectivity index (χ3n) is 3.39. The highest BCUT2D eigenvalue weighted by Crippen LogP contribution is 2.22. The number of rotatable bonds is 3. The fourth-order valence-electron chi connectivity index (χ4n) is 2.51. The molecule has 3 heteroatoms. The van der Waals surface area contributed by atoms with Crippen molar-refractivity contribution >= 4 is 0 Å². The van der Waals surface area contributed by atoms with Gasteiger partial charge >= 0.3 is 0 Å². The molecule has 0 spiro atoms. The first-order valence-corrected chi connectivity index (χ1v) is 5.89. The van der Waals surface area contributed by atoms with E-state index >= 15 is 0 Å². The Morgan fingerprint density at radius 1 is 1.50 bits per heavy atom. The van der Waals surface area contributed by atoms with Gasteiger partial charge in [0.15, 0.2) is 0 Å². The van der Waals surface area contributed by atoms with Gasteiger partial charge in [-0.2, -0.15) is 0 Å². The maximum absolute atomic E-state index is 5.76. The summed E-state index contributed by atoms with van der Waals surface area (Å²) >= 11 is 0. The zero-order valence-corrected chi connectivity index (χ0v) is 9.33. The lowest BCUT2D eigenvalue weighted by atomic mass is 10.0. The molecule has 2 rings (SSSR count). The Bertz CT molecular complexity index is 186. The molecule has 82 valence electrons. The number of ether oxygens (including phenoxy) is 1. The first-order chi connectivity index (χ1) is 6.78. The summed E-state index contributed by atoms with van der Waals surface area (Å²) in [6, 6.07) is 0. The smallest absolute Gasteiger partial charge is 0.108 e. The fraction of sp³-hybridized carbons (Fsp3) is 1.00. The van der Waals surface area contributed by atoms with Crippen molar-refractivity contribution in [3.63, 3.8) is 0 Å². The quantitative estimate of drug-likeness (QED) is 0.733. The monoisotopic (exact) mass is 198 g/mol. The van der Waals surface area contributed by atoms with Crippen LogP contribution in [0.1, 0.15) is 26.7 Å². The van der Waals surface area contributed by atoms with Gasteiger partial charge in [0.25, 0.3) is 0 Å². The molecule has 0 aromatic carbocycles. The summed E-state index contributed by atoms with van der Waals surface area (Å²) in [5, 5.41) is 3.43. The van der Waals surface area contributed by atoms with Gasteiger partial charge in [-0.15, -0.1) is 0 Å². The van der Waals surface area contributed by atoms with Crippen LogP contribution >= 0.6 is 0 Å². The van der Waals surface area contributed by atoms with Crippen LogP contribution in [0.25, 0.3) is 0 Å². The van der Waals surface area contributed by atoms with Crippen molar-refractivity contribution in [2.45, 2.75) is 39.0 Å². The van der Waals surface area contributed by atoms with Crippen LogP contribution in [0.2, 0.25) is 0 Å². The number of nitrogens with zero attached hydrogens (tertiary/aromatic N) is 1. The van der Waals surface area contributed by atoms with Crippen molar-refractivity contribution in [1.29, 1.82) is 0 Å². The Balaban J connectivity index is 1.71. The summed E-state index contributed by atoms with van der Waals surface area (Å²) in [7, 11) is 0.